The quantitative estimate of drug-likeness (QED) is 0.0718. The summed E-state index contributed by atoms with van der Waals surface area (Å²) in [5.74, 6) is 0.327. The smallest absolute Gasteiger partial charge is 0.197 e. The maximum Gasteiger partial charge on any atom is 0.197 e. The molecule has 0 aliphatic heterocycles. The fraction of sp³-hybridized carbons (Fsp3) is 0.298. The molecule has 3 aliphatic carbocycles. The molecule has 0 bridgehead atoms. The SMILES string of the molecule is CCCC[C@@H](CC)CC1(C[C@H](CC)CCCC)c2cc(-c3ccc(C=C4C(=O)c5ccccc5C4=O)s3)ccc2-c2ccc(-c3ccc(C=C4C(=O)c5ccccc5C4=O)s3)cc21. The number of thiophene rings is 2. The zero-order valence-corrected chi connectivity index (χ0v) is 38.4. The average molecular weight is 867 g/mol. The van der Waals surface area contributed by atoms with Gasteiger partial charge in [-0.3, -0.25) is 19.2 Å². The molecular formula is C57H54O4S2. The Kier molecular flexibility index (Phi) is 12.1. The number of hydrogen-bond donors (Lipinski definition) is 0. The second-order valence-corrected chi connectivity index (χ2v) is 20.0. The van der Waals surface area contributed by atoms with Crippen LogP contribution in [0.25, 0.3) is 44.2 Å². The Balaban J connectivity index is 1.13. The maximum atomic E-state index is 13.3. The van der Waals surface area contributed by atoms with Crippen molar-refractivity contribution in [2.45, 2.75) is 97.3 Å². The van der Waals surface area contributed by atoms with Crippen LogP contribution in [0.5, 0.6) is 0 Å². The summed E-state index contributed by atoms with van der Waals surface area (Å²) >= 11 is 3.26. The van der Waals surface area contributed by atoms with Crippen molar-refractivity contribution in [2.24, 2.45) is 11.8 Å². The molecule has 4 aromatic carbocycles. The van der Waals surface area contributed by atoms with Gasteiger partial charge in [0, 0.05) is 47.2 Å². The number of fused-ring (bicyclic) bond motifs is 5. The van der Waals surface area contributed by atoms with Crippen LogP contribution < -0.4 is 0 Å². The summed E-state index contributed by atoms with van der Waals surface area (Å²) in [4.78, 5) is 57.2. The van der Waals surface area contributed by atoms with E-state index in [1.807, 2.05) is 36.4 Å². The van der Waals surface area contributed by atoms with Crippen molar-refractivity contribution in [3.05, 3.63) is 163 Å². The Hall–Kier alpha value is -5.56. The molecule has 0 N–H and O–H groups in total. The molecule has 318 valence electrons. The Labute approximate surface area is 379 Å². The van der Waals surface area contributed by atoms with Gasteiger partial charge in [0.05, 0.1) is 11.1 Å². The van der Waals surface area contributed by atoms with E-state index in [-0.39, 0.29) is 39.7 Å². The van der Waals surface area contributed by atoms with Crippen molar-refractivity contribution in [3.63, 3.8) is 0 Å². The van der Waals surface area contributed by atoms with Gasteiger partial charge in [-0.05, 0) is 107 Å². The van der Waals surface area contributed by atoms with Crippen molar-refractivity contribution in [2.75, 3.05) is 0 Å². The van der Waals surface area contributed by atoms with E-state index in [0.29, 0.717) is 34.1 Å². The van der Waals surface area contributed by atoms with Crippen molar-refractivity contribution < 1.29 is 19.2 Å². The summed E-state index contributed by atoms with van der Waals surface area (Å²) in [5.41, 5.74) is 9.96. The molecule has 6 heteroatoms. The van der Waals surface area contributed by atoms with Crippen LogP contribution in [-0.2, 0) is 5.41 Å². The summed E-state index contributed by atoms with van der Waals surface area (Å²) in [6.07, 6.45) is 15.2. The van der Waals surface area contributed by atoms with Gasteiger partial charge in [0.15, 0.2) is 23.1 Å². The van der Waals surface area contributed by atoms with Crippen LogP contribution >= 0.6 is 22.7 Å². The van der Waals surface area contributed by atoms with Crippen LogP contribution in [0, 0.1) is 11.8 Å². The van der Waals surface area contributed by atoms with Crippen LogP contribution in [0.4, 0.5) is 0 Å². The first-order chi connectivity index (χ1) is 30.7. The molecule has 2 heterocycles. The van der Waals surface area contributed by atoms with Gasteiger partial charge in [-0.2, -0.15) is 0 Å². The lowest BCUT2D eigenvalue weighted by molar-refractivity contribution is 0.0975. The zero-order valence-electron chi connectivity index (χ0n) is 36.7. The number of hydrogen-bond acceptors (Lipinski definition) is 6. The predicted molar refractivity (Wildman–Crippen MR) is 261 cm³/mol. The minimum atomic E-state index is -0.202. The lowest BCUT2D eigenvalue weighted by Crippen LogP contribution is -2.31. The molecule has 6 aromatic rings. The van der Waals surface area contributed by atoms with E-state index >= 15 is 0 Å². The molecule has 63 heavy (non-hydrogen) atoms. The van der Waals surface area contributed by atoms with Crippen LogP contribution in [0.2, 0.25) is 0 Å². The van der Waals surface area contributed by atoms with Gasteiger partial charge in [0.25, 0.3) is 0 Å². The minimum Gasteiger partial charge on any atom is -0.288 e. The lowest BCUT2D eigenvalue weighted by Gasteiger charge is -2.39. The Morgan fingerprint density at radius 2 is 0.857 bits per heavy atom. The van der Waals surface area contributed by atoms with E-state index in [2.05, 4.69) is 76.2 Å². The predicted octanol–water partition coefficient (Wildman–Crippen LogP) is 15.5. The number of unbranched alkanes of at least 4 members (excludes halogenated alkanes) is 2. The summed E-state index contributed by atoms with van der Waals surface area (Å²) in [6.45, 7) is 9.33. The molecule has 0 fully saturated rings. The van der Waals surface area contributed by atoms with Crippen LogP contribution in [0.15, 0.2) is 120 Å². The molecule has 3 aliphatic rings. The molecule has 0 spiro atoms. The average Bonchev–Trinajstić information content (AvgIpc) is 4.13. The molecule has 0 saturated heterocycles. The number of allylic oxidation sites excluding steroid dienone is 2. The first-order valence-electron chi connectivity index (χ1n) is 23.0. The Morgan fingerprint density at radius 1 is 0.476 bits per heavy atom. The van der Waals surface area contributed by atoms with Gasteiger partial charge in [-0.15, -0.1) is 22.7 Å². The van der Waals surface area contributed by atoms with E-state index in [1.165, 1.54) is 60.8 Å². The van der Waals surface area contributed by atoms with Gasteiger partial charge in [-0.1, -0.05) is 152 Å². The van der Waals surface area contributed by atoms with E-state index < -0.39 is 0 Å². The van der Waals surface area contributed by atoms with Gasteiger partial charge in [-0.25, -0.2) is 0 Å². The van der Waals surface area contributed by atoms with Gasteiger partial charge < -0.3 is 0 Å². The number of carbonyl (C=O) groups excluding carboxylic acids is 4. The molecular weight excluding hydrogens is 813 g/mol. The summed E-state index contributed by atoms with van der Waals surface area (Å²) in [7, 11) is 0. The summed E-state index contributed by atoms with van der Waals surface area (Å²) in [5, 5.41) is 0. The lowest BCUT2D eigenvalue weighted by atomic mass is 9.65. The zero-order chi connectivity index (χ0) is 43.8. The number of carbonyl (C=O) groups is 4. The van der Waals surface area contributed by atoms with E-state index in [9.17, 15) is 19.2 Å². The Morgan fingerprint density at radius 3 is 1.21 bits per heavy atom. The van der Waals surface area contributed by atoms with Crippen LogP contribution in [0.3, 0.4) is 0 Å². The minimum absolute atomic E-state index is 0.201. The van der Waals surface area contributed by atoms with Crippen molar-refractivity contribution in [3.8, 4) is 32.0 Å². The van der Waals surface area contributed by atoms with Gasteiger partial charge in [0.1, 0.15) is 0 Å². The normalized spacial score (nSPS) is 15.7. The molecule has 2 atom stereocenters. The fourth-order valence-corrected chi connectivity index (χ4v) is 12.4. The highest BCUT2D eigenvalue weighted by Gasteiger charge is 2.46. The highest BCUT2D eigenvalue weighted by molar-refractivity contribution is 7.16. The van der Waals surface area contributed by atoms with Crippen LogP contribution in [0.1, 0.15) is 154 Å². The molecule has 0 saturated carbocycles. The standard InChI is InChI=1S/C57H54O4S2/c1-5-9-15-35(7-3)33-57(34-36(8-4)16-10-6-2)49-29-37(51-27-23-39(62-51)31-47-53(58)43-17-11-12-18-44(43)54(47)59)21-25-41(49)42-26-22-38(30-50(42)57)52-28-24-40(63-52)32-48-55(60)45-19-13-14-20-46(45)56(48)61/h11-14,17-32,35-36H,5-10,15-16,33-34H2,1-4H3/t35-,36-/m1/s1. The first-order valence-corrected chi connectivity index (χ1v) is 24.6. The number of rotatable bonds is 16. The monoisotopic (exact) mass is 866 g/mol. The summed E-state index contributed by atoms with van der Waals surface area (Å²) < 4.78 is 0. The second kappa shape index (κ2) is 17.9. The highest BCUT2D eigenvalue weighted by Crippen LogP contribution is 2.58. The number of ketones is 4. The molecule has 0 radical (unpaired) electrons. The molecule has 0 amide bonds. The molecule has 4 nitrogen and oxygen atoms in total. The van der Waals surface area contributed by atoms with Crippen molar-refractivity contribution in [1.29, 1.82) is 0 Å². The third kappa shape index (κ3) is 7.80. The maximum absolute atomic E-state index is 13.3. The highest BCUT2D eigenvalue weighted by atomic mass is 32.1. The van der Waals surface area contributed by atoms with E-state index in [1.54, 1.807) is 59.1 Å². The third-order valence-corrected chi connectivity index (χ3v) is 16.1. The van der Waals surface area contributed by atoms with E-state index in [4.69, 9.17) is 0 Å². The largest absolute Gasteiger partial charge is 0.288 e. The van der Waals surface area contributed by atoms with Gasteiger partial charge >= 0.3 is 0 Å². The number of Topliss-reactive ketones (excluding diaryl/α,β-unsaturated/α-hetero) is 4. The first kappa shape index (κ1) is 42.7. The fourth-order valence-electron chi connectivity index (χ4n) is 10.5. The topological polar surface area (TPSA) is 68.3 Å². The molecule has 2 aromatic heterocycles. The molecule has 9 rings (SSSR count). The van der Waals surface area contributed by atoms with E-state index in [0.717, 1.165) is 56.3 Å². The molecule has 0 unspecified atom stereocenters. The van der Waals surface area contributed by atoms with Gasteiger partial charge in [0.2, 0.25) is 0 Å². The Bertz CT molecular complexity index is 2580. The van der Waals surface area contributed by atoms with Crippen molar-refractivity contribution in [1.82, 2.24) is 0 Å². The third-order valence-electron chi connectivity index (χ3n) is 13.9. The van der Waals surface area contributed by atoms with Crippen molar-refractivity contribution >= 4 is 58.0 Å². The summed E-state index contributed by atoms with van der Waals surface area (Å²) in [6, 6.07) is 36.7. The second-order valence-electron chi connectivity index (χ2n) is 17.8. The number of benzene rings is 4. The van der Waals surface area contributed by atoms with Crippen LogP contribution in [-0.4, -0.2) is 23.1 Å².